The summed E-state index contributed by atoms with van der Waals surface area (Å²) in [4.78, 5) is 10.2. The number of methoxy groups -OCH3 is 1. The summed E-state index contributed by atoms with van der Waals surface area (Å²) in [5.41, 5.74) is -1.34. The number of alkyl halides is 3. The predicted octanol–water partition coefficient (Wildman–Crippen LogP) is 5.78. The van der Waals surface area contributed by atoms with Crippen molar-refractivity contribution in [1.29, 1.82) is 0 Å². The van der Waals surface area contributed by atoms with Crippen LogP contribution in [-0.4, -0.2) is 27.0 Å². The van der Waals surface area contributed by atoms with Gasteiger partial charge in [-0.15, -0.1) is 0 Å². The molecule has 0 aliphatic carbocycles. The Hall–Kier alpha value is -3.86. The van der Waals surface area contributed by atoms with E-state index in [2.05, 4.69) is 10.3 Å². The van der Waals surface area contributed by atoms with Gasteiger partial charge in [-0.3, -0.25) is 10.1 Å². The highest BCUT2D eigenvalue weighted by Crippen LogP contribution is 2.42. The van der Waals surface area contributed by atoms with E-state index >= 15 is 0 Å². The summed E-state index contributed by atoms with van der Waals surface area (Å²) >= 11 is 6.30. The van der Waals surface area contributed by atoms with Crippen molar-refractivity contribution in [2.24, 2.45) is 0 Å². The minimum absolute atomic E-state index is 0.108. The molecule has 2 heterocycles. The third-order valence-corrected chi connectivity index (χ3v) is 4.89. The normalized spacial score (nSPS) is 11.5. The van der Waals surface area contributed by atoms with E-state index < -0.39 is 22.4 Å². The second-order valence-electron chi connectivity index (χ2n) is 6.50. The van der Waals surface area contributed by atoms with Gasteiger partial charge in [0.1, 0.15) is 16.6 Å². The standard InChI is InChI=1S/C20H12ClF3N4O4/c1-31-14-8-6-12(7-9-14)27-19(21)17(18(25-27)20(22,23)24)15-10-16(32-26-15)11-2-4-13(5-3-11)28(29)30/h2-10H,1H3. The van der Waals surface area contributed by atoms with Crippen LogP contribution in [0.4, 0.5) is 18.9 Å². The highest BCUT2D eigenvalue weighted by molar-refractivity contribution is 6.32. The van der Waals surface area contributed by atoms with Crippen LogP contribution < -0.4 is 4.74 Å². The summed E-state index contributed by atoms with van der Waals surface area (Å²) in [7, 11) is 1.46. The fraction of sp³-hybridized carbons (Fsp3) is 0.100. The molecule has 4 rings (SSSR count). The van der Waals surface area contributed by atoms with Gasteiger partial charge in [0.05, 0.1) is 23.3 Å². The molecule has 164 valence electrons. The van der Waals surface area contributed by atoms with Crippen LogP contribution in [0.3, 0.4) is 0 Å². The summed E-state index contributed by atoms with van der Waals surface area (Å²) in [5, 5.41) is 17.9. The number of hydrogen-bond donors (Lipinski definition) is 0. The van der Waals surface area contributed by atoms with E-state index in [4.69, 9.17) is 20.9 Å². The van der Waals surface area contributed by atoms with Crippen LogP contribution in [0.25, 0.3) is 28.3 Å². The molecule has 0 spiro atoms. The molecule has 0 amide bonds. The lowest BCUT2D eigenvalue weighted by atomic mass is 10.1. The fourth-order valence-corrected chi connectivity index (χ4v) is 3.32. The number of nitrogens with zero attached hydrogens (tertiary/aromatic N) is 4. The van der Waals surface area contributed by atoms with Crippen molar-refractivity contribution < 1.29 is 27.4 Å². The molecule has 0 fully saturated rings. The molecule has 0 unspecified atom stereocenters. The van der Waals surface area contributed by atoms with Gasteiger partial charge < -0.3 is 9.26 Å². The smallest absolute Gasteiger partial charge is 0.435 e. The number of aromatic nitrogens is 3. The van der Waals surface area contributed by atoms with Crippen LogP contribution >= 0.6 is 11.6 Å². The molecule has 0 aliphatic rings. The lowest BCUT2D eigenvalue weighted by Crippen LogP contribution is -2.08. The van der Waals surface area contributed by atoms with Gasteiger partial charge in [0, 0.05) is 23.8 Å². The van der Waals surface area contributed by atoms with Crippen LogP contribution in [0, 0.1) is 10.1 Å². The van der Waals surface area contributed by atoms with Crippen molar-refractivity contribution in [2.45, 2.75) is 6.18 Å². The Kier molecular flexibility index (Phi) is 5.35. The van der Waals surface area contributed by atoms with Crippen molar-refractivity contribution in [3.8, 4) is 34.0 Å². The number of benzene rings is 2. The Morgan fingerprint density at radius 2 is 1.78 bits per heavy atom. The molecule has 0 atom stereocenters. The van der Waals surface area contributed by atoms with Crippen LogP contribution in [0.15, 0.2) is 59.1 Å². The Morgan fingerprint density at radius 3 is 2.34 bits per heavy atom. The van der Waals surface area contributed by atoms with Gasteiger partial charge in [0.25, 0.3) is 5.69 Å². The van der Waals surface area contributed by atoms with Crippen LogP contribution in [0.1, 0.15) is 5.69 Å². The summed E-state index contributed by atoms with van der Waals surface area (Å²) in [6.45, 7) is 0. The largest absolute Gasteiger partial charge is 0.497 e. The molecule has 0 aliphatic heterocycles. The van der Waals surface area contributed by atoms with E-state index in [0.29, 0.717) is 11.3 Å². The van der Waals surface area contributed by atoms with E-state index in [-0.39, 0.29) is 28.0 Å². The first-order valence-corrected chi connectivity index (χ1v) is 9.29. The highest BCUT2D eigenvalue weighted by Gasteiger charge is 2.40. The SMILES string of the molecule is COc1ccc(-n2nc(C(F)(F)F)c(-c3cc(-c4ccc([N+](=O)[O-])cc4)on3)c2Cl)cc1. The third kappa shape index (κ3) is 3.89. The molecule has 0 radical (unpaired) electrons. The van der Waals surface area contributed by atoms with E-state index in [0.717, 1.165) is 4.68 Å². The molecular weight excluding hydrogens is 453 g/mol. The van der Waals surface area contributed by atoms with Crippen molar-refractivity contribution in [2.75, 3.05) is 7.11 Å². The minimum atomic E-state index is -4.82. The van der Waals surface area contributed by atoms with Gasteiger partial charge in [-0.25, -0.2) is 4.68 Å². The first-order chi connectivity index (χ1) is 15.2. The monoisotopic (exact) mass is 464 g/mol. The van der Waals surface area contributed by atoms with Crippen molar-refractivity contribution in [1.82, 2.24) is 14.9 Å². The Balaban J connectivity index is 1.79. The van der Waals surface area contributed by atoms with Gasteiger partial charge in [0.15, 0.2) is 11.5 Å². The quantitative estimate of drug-likeness (QED) is 0.274. The molecule has 0 saturated carbocycles. The fourth-order valence-electron chi connectivity index (χ4n) is 2.99. The number of halogens is 4. The maximum absolute atomic E-state index is 13.7. The molecular formula is C20H12ClF3N4O4. The van der Waals surface area contributed by atoms with E-state index in [1.807, 2.05) is 0 Å². The zero-order chi connectivity index (χ0) is 23.0. The number of nitro groups is 1. The zero-order valence-corrected chi connectivity index (χ0v) is 16.9. The van der Waals surface area contributed by atoms with Crippen LogP contribution in [0.5, 0.6) is 5.75 Å². The van der Waals surface area contributed by atoms with Crippen molar-refractivity contribution in [3.05, 3.63) is 75.6 Å². The molecule has 0 N–H and O–H groups in total. The van der Waals surface area contributed by atoms with E-state index in [9.17, 15) is 23.3 Å². The molecule has 4 aromatic rings. The van der Waals surface area contributed by atoms with Crippen LogP contribution in [0.2, 0.25) is 5.15 Å². The highest BCUT2D eigenvalue weighted by atomic mass is 35.5. The van der Waals surface area contributed by atoms with Gasteiger partial charge in [-0.1, -0.05) is 16.8 Å². The molecule has 8 nitrogen and oxygen atoms in total. The number of ether oxygens (including phenoxy) is 1. The molecule has 0 bridgehead atoms. The van der Waals surface area contributed by atoms with Crippen LogP contribution in [-0.2, 0) is 6.18 Å². The summed E-state index contributed by atoms with van der Waals surface area (Å²) in [6.07, 6.45) is -4.82. The maximum atomic E-state index is 13.7. The second kappa shape index (κ2) is 8.00. The number of non-ortho nitro benzene ring substituents is 1. The molecule has 32 heavy (non-hydrogen) atoms. The average molecular weight is 465 g/mol. The Labute approximate surface area is 182 Å². The second-order valence-corrected chi connectivity index (χ2v) is 6.86. The molecule has 12 heteroatoms. The zero-order valence-electron chi connectivity index (χ0n) is 16.1. The van der Waals surface area contributed by atoms with Gasteiger partial charge >= 0.3 is 6.18 Å². The van der Waals surface area contributed by atoms with E-state index in [1.54, 1.807) is 12.1 Å². The Bertz CT molecular complexity index is 1280. The maximum Gasteiger partial charge on any atom is 0.435 e. The molecule has 2 aromatic heterocycles. The van der Waals surface area contributed by atoms with Gasteiger partial charge in [-0.2, -0.15) is 18.3 Å². The minimum Gasteiger partial charge on any atom is -0.497 e. The first-order valence-electron chi connectivity index (χ1n) is 8.91. The lowest BCUT2D eigenvalue weighted by molar-refractivity contribution is -0.384. The number of hydrogen-bond acceptors (Lipinski definition) is 6. The third-order valence-electron chi connectivity index (χ3n) is 4.54. The summed E-state index contributed by atoms with van der Waals surface area (Å²) in [5.74, 6) is 0.619. The topological polar surface area (TPSA) is 96.2 Å². The predicted molar refractivity (Wildman–Crippen MR) is 108 cm³/mol. The average Bonchev–Trinajstić information content (AvgIpc) is 3.38. The molecule has 2 aromatic carbocycles. The number of nitro benzene ring substituents is 1. The van der Waals surface area contributed by atoms with Gasteiger partial charge in [0.2, 0.25) is 0 Å². The van der Waals surface area contributed by atoms with Gasteiger partial charge in [-0.05, 0) is 36.4 Å². The lowest BCUT2D eigenvalue weighted by Gasteiger charge is -2.05. The molecule has 0 saturated heterocycles. The summed E-state index contributed by atoms with van der Waals surface area (Å²) in [6, 6.07) is 12.7. The number of rotatable bonds is 5. The first kappa shape index (κ1) is 21.4. The summed E-state index contributed by atoms with van der Waals surface area (Å²) < 4.78 is 52.4. The van der Waals surface area contributed by atoms with E-state index in [1.165, 1.54) is 49.6 Å². The van der Waals surface area contributed by atoms with Crippen molar-refractivity contribution >= 4 is 17.3 Å². The van der Waals surface area contributed by atoms with Crippen molar-refractivity contribution in [3.63, 3.8) is 0 Å². The Morgan fingerprint density at radius 1 is 1.12 bits per heavy atom.